The fourth-order valence-corrected chi connectivity index (χ4v) is 2.79. The Morgan fingerprint density at radius 1 is 1.28 bits per heavy atom. The number of carbonyl (C=O) groups excluding carboxylic acids is 1. The molecule has 3 N–H and O–H groups in total. The lowest BCUT2D eigenvalue weighted by Gasteiger charge is -2.28. The summed E-state index contributed by atoms with van der Waals surface area (Å²) in [5.41, 5.74) is 5.42. The maximum atomic E-state index is 12.1. The molecule has 0 aromatic rings. The normalized spacial score (nSPS) is 18.2. The van der Waals surface area contributed by atoms with Gasteiger partial charge in [-0.25, -0.2) is 0 Å². The minimum absolute atomic E-state index is 0. The van der Waals surface area contributed by atoms with Crippen molar-refractivity contribution in [2.24, 2.45) is 23.5 Å². The molecular formula is C14H29ClN2O. The molecular weight excluding hydrogens is 248 g/mol. The van der Waals surface area contributed by atoms with Gasteiger partial charge in [0.2, 0.25) is 5.91 Å². The van der Waals surface area contributed by atoms with Gasteiger partial charge in [0.25, 0.3) is 0 Å². The smallest absolute Gasteiger partial charge is 0.223 e. The molecule has 1 aliphatic rings. The van der Waals surface area contributed by atoms with E-state index in [1.54, 1.807) is 0 Å². The van der Waals surface area contributed by atoms with Gasteiger partial charge in [-0.2, -0.15) is 0 Å². The minimum Gasteiger partial charge on any atom is -0.355 e. The maximum Gasteiger partial charge on any atom is 0.223 e. The first-order valence-electron chi connectivity index (χ1n) is 7.13. The largest absolute Gasteiger partial charge is 0.355 e. The summed E-state index contributed by atoms with van der Waals surface area (Å²) in [4.78, 5) is 12.1. The molecule has 0 radical (unpaired) electrons. The molecule has 0 spiro atoms. The van der Waals surface area contributed by atoms with E-state index in [1.807, 2.05) is 0 Å². The van der Waals surface area contributed by atoms with E-state index >= 15 is 0 Å². The van der Waals surface area contributed by atoms with Crippen LogP contribution in [0, 0.1) is 17.8 Å². The van der Waals surface area contributed by atoms with E-state index in [4.69, 9.17) is 5.73 Å². The number of nitrogens with two attached hydrogens (primary N) is 1. The van der Waals surface area contributed by atoms with Gasteiger partial charge in [-0.05, 0) is 18.3 Å². The third-order valence-electron chi connectivity index (χ3n) is 3.90. The molecule has 3 nitrogen and oxygen atoms in total. The molecule has 1 saturated carbocycles. The van der Waals surface area contributed by atoms with Gasteiger partial charge in [0.1, 0.15) is 0 Å². The lowest BCUT2D eigenvalue weighted by atomic mass is 9.79. The lowest BCUT2D eigenvalue weighted by Crippen LogP contribution is -2.37. The molecule has 0 saturated heterocycles. The van der Waals surface area contributed by atoms with E-state index in [1.165, 1.54) is 32.1 Å². The van der Waals surface area contributed by atoms with Gasteiger partial charge < -0.3 is 11.1 Å². The number of nitrogens with one attached hydrogen (secondary N) is 1. The highest BCUT2D eigenvalue weighted by Gasteiger charge is 2.26. The minimum atomic E-state index is 0. The third-order valence-corrected chi connectivity index (χ3v) is 3.90. The topological polar surface area (TPSA) is 55.1 Å². The average molecular weight is 277 g/mol. The van der Waals surface area contributed by atoms with E-state index < -0.39 is 0 Å². The SMILES string of the molecule is CC(C)C(CC1CCCCC1)C(=O)NCCN.Cl. The highest BCUT2D eigenvalue weighted by molar-refractivity contribution is 5.85. The summed E-state index contributed by atoms with van der Waals surface area (Å²) in [5, 5.41) is 2.94. The zero-order chi connectivity index (χ0) is 12.7. The monoisotopic (exact) mass is 276 g/mol. The van der Waals surface area contributed by atoms with Crippen LogP contribution in [0.2, 0.25) is 0 Å². The van der Waals surface area contributed by atoms with Crippen molar-refractivity contribution in [2.75, 3.05) is 13.1 Å². The Kier molecular flexibility index (Phi) is 9.47. The van der Waals surface area contributed by atoms with Gasteiger partial charge in [0, 0.05) is 19.0 Å². The second kappa shape index (κ2) is 9.62. The molecule has 0 aromatic carbocycles. The van der Waals surface area contributed by atoms with Crippen LogP contribution in [0.5, 0.6) is 0 Å². The number of amides is 1. The van der Waals surface area contributed by atoms with Crippen molar-refractivity contribution in [1.82, 2.24) is 5.32 Å². The Morgan fingerprint density at radius 3 is 2.39 bits per heavy atom. The van der Waals surface area contributed by atoms with Crippen LogP contribution in [0.4, 0.5) is 0 Å². The Morgan fingerprint density at radius 2 is 1.89 bits per heavy atom. The molecule has 0 heterocycles. The van der Waals surface area contributed by atoms with E-state index in [0.29, 0.717) is 19.0 Å². The first kappa shape index (κ1) is 17.7. The predicted molar refractivity (Wildman–Crippen MR) is 78.8 cm³/mol. The van der Waals surface area contributed by atoms with Crippen molar-refractivity contribution in [1.29, 1.82) is 0 Å². The summed E-state index contributed by atoms with van der Waals surface area (Å²) in [6.45, 7) is 5.43. The van der Waals surface area contributed by atoms with Crippen LogP contribution in [-0.2, 0) is 4.79 Å². The quantitative estimate of drug-likeness (QED) is 0.784. The zero-order valence-corrected chi connectivity index (χ0v) is 12.6. The Labute approximate surface area is 118 Å². The zero-order valence-electron chi connectivity index (χ0n) is 11.8. The van der Waals surface area contributed by atoms with E-state index in [2.05, 4.69) is 19.2 Å². The van der Waals surface area contributed by atoms with Crippen molar-refractivity contribution >= 4 is 18.3 Å². The van der Waals surface area contributed by atoms with Crippen LogP contribution in [0.15, 0.2) is 0 Å². The predicted octanol–water partition coefficient (Wildman–Crippen LogP) is 2.73. The summed E-state index contributed by atoms with van der Waals surface area (Å²) in [6, 6.07) is 0. The van der Waals surface area contributed by atoms with Crippen LogP contribution in [0.1, 0.15) is 52.4 Å². The Bertz CT molecular complexity index is 228. The molecule has 1 amide bonds. The van der Waals surface area contributed by atoms with Crippen molar-refractivity contribution in [3.8, 4) is 0 Å². The number of hydrogen-bond acceptors (Lipinski definition) is 2. The van der Waals surface area contributed by atoms with Gasteiger partial charge >= 0.3 is 0 Å². The highest BCUT2D eigenvalue weighted by atomic mass is 35.5. The molecule has 1 aliphatic carbocycles. The average Bonchev–Trinajstić information content (AvgIpc) is 2.34. The molecule has 1 rings (SSSR count). The lowest BCUT2D eigenvalue weighted by molar-refractivity contribution is -0.127. The molecule has 18 heavy (non-hydrogen) atoms. The molecule has 108 valence electrons. The van der Waals surface area contributed by atoms with Gasteiger partial charge in [-0.3, -0.25) is 4.79 Å². The van der Waals surface area contributed by atoms with E-state index in [0.717, 1.165) is 12.3 Å². The Hall–Kier alpha value is -0.280. The molecule has 1 fully saturated rings. The number of halogens is 1. The molecule has 1 atom stereocenters. The summed E-state index contributed by atoms with van der Waals surface area (Å²) < 4.78 is 0. The number of rotatable bonds is 6. The van der Waals surface area contributed by atoms with Crippen molar-refractivity contribution < 1.29 is 4.79 Å². The van der Waals surface area contributed by atoms with Crippen molar-refractivity contribution in [3.63, 3.8) is 0 Å². The summed E-state index contributed by atoms with van der Waals surface area (Å²) >= 11 is 0. The van der Waals surface area contributed by atoms with Crippen molar-refractivity contribution in [3.05, 3.63) is 0 Å². The second-order valence-corrected chi connectivity index (χ2v) is 5.67. The van der Waals surface area contributed by atoms with Crippen LogP contribution in [-0.4, -0.2) is 19.0 Å². The highest BCUT2D eigenvalue weighted by Crippen LogP contribution is 2.31. The maximum absolute atomic E-state index is 12.1. The summed E-state index contributed by atoms with van der Waals surface area (Å²) in [7, 11) is 0. The fraction of sp³-hybridized carbons (Fsp3) is 0.929. The second-order valence-electron chi connectivity index (χ2n) is 5.67. The number of carbonyl (C=O) groups is 1. The fourth-order valence-electron chi connectivity index (χ4n) is 2.79. The first-order chi connectivity index (χ1) is 8.15. The van der Waals surface area contributed by atoms with Crippen LogP contribution in [0.25, 0.3) is 0 Å². The molecule has 0 aliphatic heterocycles. The van der Waals surface area contributed by atoms with Crippen LogP contribution in [0.3, 0.4) is 0 Å². The molecule has 0 bridgehead atoms. The van der Waals surface area contributed by atoms with E-state index in [-0.39, 0.29) is 24.2 Å². The van der Waals surface area contributed by atoms with Crippen molar-refractivity contribution in [2.45, 2.75) is 52.4 Å². The standard InChI is InChI=1S/C14H28N2O.ClH/c1-11(2)13(14(17)16-9-8-15)10-12-6-4-3-5-7-12;/h11-13H,3-10,15H2,1-2H3,(H,16,17);1H. The van der Waals surface area contributed by atoms with Gasteiger partial charge in [-0.15, -0.1) is 12.4 Å². The molecule has 0 aromatic heterocycles. The van der Waals surface area contributed by atoms with Crippen LogP contribution >= 0.6 is 12.4 Å². The van der Waals surface area contributed by atoms with Crippen LogP contribution < -0.4 is 11.1 Å². The first-order valence-corrected chi connectivity index (χ1v) is 7.13. The molecule has 1 unspecified atom stereocenters. The van der Waals surface area contributed by atoms with Gasteiger partial charge in [0.15, 0.2) is 0 Å². The Balaban J connectivity index is 0.00000289. The van der Waals surface area contributed by atoms with Gasteiger partial charge in [0.05, 0.1) is 0 Å². The summed E-state index contributed by atoms with van der Waals surface area (Å²) in [5.74, 6) is 1.56. The summed E-state index contributed by atoms with van der Waals surface area (Å²) in [6.07, 6.45) is 7.76. The van der Waals surface area contributed by atoms with E-state index in [9.17, 15) is 4.79 Å². The molecule has 4 heteroatoms. The number of hydrogen-bond donors (Lipinski definition) is 2. The van der Waals surface area contributed by atoms with Gasteiger partial charge in [-0.1, -0.05) is 46.0 Å². The third kappa shape index (κ3) is 6.05.